The molecule has 0 bridgehead atoms. The Bertz CT molecular complexity index is 1030. The van der Waals surface area contributed by atoms with E-state index in [9.17, 15) is 23.5 Å². The van der Waals surface area contributed by atoms with Gasteiger partial charge in [0.25, 0.3) is 0 Å². The van der Waals surface area contributed by atoms with E-state index >= 15 is 0 Å². The van der Waals surface area contributed by atoms with Gasteiger partial charge >= 0.3 is 0 Å². The van der Waals surface area contributed by atoms with E-state index < -0.39 is 23.4 Å². The average molecular weight is 396 g/mol. The van der Waals surface area contributed by atoms with Crippen molar-refractivity contribution in [1.82, 2.24) is 0 Å². The van der Waals surface area contributed by atoms with Crippen LogP contribution in [0.25, 0.3) is 22.3 Å². The molecule has 0 heterocycles. The minimum absolute atomic E-state index is 0.156. The lowest BCUT2D eigenvalue weighted by Crippen LogP contribution is -2.14. The molecular weight excluding hydrogens is 378 g/mol. The van der Waals surface area contributed by atoms with Crippen LogP contribution in [0.5, 0.6) is 5.75 Å². The van der Waals surface area contributed by atoms with Gasteiger partial charge in [0.2, 0.25) is 11.8 Å². The molecule has 5 nitrogen and oxygen atoms in total. The summed E-state index contributed by atoms with van der Waals surface area (Å²) in [6.45, 7) is 0. The second kappa shape index (κ2) is 8.10. The van der Waals surface area contributed by atoms with E-state index in [1.807, 2.05) is 0 Å². The quantitative estimate of drug-likeness (QED) is 0.596. The molecule has 0 aliphatic carbocycles. The van der Waals surface area contributed by atoms with Gasteiger partial charge in [-0.05, 0) is 34.4 Å². The lowest BCUT2D eigenvalue weighted by atomic mass is 9.95. The third-order valence-corrected chi connectivity index (χ3v) is 4.49. The smallest absolute Gasteiger partial charge is 0.221 e. The first-order chi connectivity index (χ1) is 13.8. The van der Waals surface area contributed by atoms with Gasteiger partial charge < -0.3 is 16.6 Å². The number of para-hydroxylation sites is 1. The Morgan fingerprint density at radius 2 is 1.17 bits per heavy atom. The number of primary amides is 2. The van der Waals surface area contributed by atoms with Gasteiger partial charge in [-0.1, -0.05) is 42.5 Å². The fraction of sp³-hybridized carbons (Fsp3) is 0.0909. The Hall–Kier alpha value is -3.74. The SMILES string of the molecule is NC(=O)Cc1ccc(-c2cccc(-c3ccc(CC(N)=O)c(F)c3)c2O)cc1F. The molecule has 0 atom stereocenters. The van der Waals surface area contributed by atoms with Crippen LogP contribution >= 0.6 is 0 Å². The first-order valence-electron chi connectivity index (χ1n) is 8.72. The van der Waals surface area contributed by atoms with Gasteiger partial charge in [0.1, 0.15) is 17.4 Å². The summed E-state index contributed by atoms with van der Waals surface area (Å²) in [4.78, 5) is 22.0. The highest BCUT2D eigenvalue weighted by atomic mass is 19.1. The second-order valence-electron chi connectivity index (χ2n) is 6.60. The van der Waals surface area contributed by atoms with Crippen LogP contribution in [0.4, 0.5) is 8.78 Å². The molecule has 0 fully saturated rings. The highest BCUT2D eigenvalue weighted by Crippen LogP contribution is 2.38. The van der Waals surface area contributed by atoms with E-state index in [2.05, 4.69) is 0 Å². The minimum Gasteiger partial charge on any atom is -0.507 e. The summed E-state index contributed by atoms with van der Waals surface area (Å²) >= 11 is 0. The standard InChI is InChI=1S/C22H18F2N2O3/c23-18-8-12(4-6-14(18)10-20(25)27)16-2-1-3-17(22(16)29)13-5-7-15(11-21(26)28)19(24)9-13/h1-9,29H,10-11H2,(H2,25,27)(H2,26,28). The van der Waals surface area contributed by atoms with E-state index in [0.29, 0.717) is 22.3 Å². The molecule has 0 saturated heterocycles. The van der Waals surface area contributed by atoms with Crippen LogP contribution in [0.2, 0.25) is 0 Å². The Morgan fingerprint density at radius 3 is 1.52 bits per heavy atom. The number of benzene rings is 3. The van der Waals surface area contributed by atoms with Crippen LogP contribution in [0.15, 0.2) is 54.6 Å². The summed E-state index contributed by atoms with van der Waals surface area (Å²) in [6, 6.07) is 13.2. The fourth-order valence-corrected chi connectivity index (χ4v) is 3.10. The van der Waals surface area contributed by atoms with E-state index in [-0.39, 0.29) is 29.7 Å². The van der Waals surface area contributed by atoms with Crippen LogP contribution in [0, 0.1) is 11.6 Å². The number of hydrogen-bond donors (Lipinski definition) is 3. The summed E-state index contributed by atoms with van der Waals surface area (Å²) in [6.07, 6.45) is -0.454. The van der Waals surface area contributed by atoms with Crippen molar-refractivity contribution in [2.45, 2.75) is 12.8 Å². The number of rotatable bonds is 6. The molecule has 7 heteroatoms. The molecule has 0 radical (unpaired) electrons. The van der Waals surface area contributed by atoms with Gasteiger partial charge in [0, 0.05) is 11.1 Å². The van der Waals surface area contributed by atoms with Crippen LogP contribution < -0.4 is 11.5 Å². The predicted molar refractivity (Wildman–Crippen MR) is 105 cm³/mol. The molecule has 148 valence electrons. The maximum Gasteiger partial charge on any atom is 0.221 e. The topological polar surface area (TPSA) is 106 Å². The largest absolute Gasteiger partial charge is 0.507 e. The van der Waals surface area contributed by atoms with Gasteiger partial charge in [-0.2, -0.15) is 0 Å². The number of amides is 2. The van der Waals surface area contributed by atoms with Gasteiger partial charge in [-0.3, -0.25) is 9.59 Å². The number of aromatic hydroxyl groups is 1. The monoisotopic (exact) mass is 396 g/mol. The molecule has 3 rings (SSSR count). The van der Waals surface area contributed by atoms with Crippen molar-refractivity contribution >= 4 is 11.8 Å². The molecule has 0 aliphatic rings. The summed E-state index contributed by atoms with van der Waals surface area (Å²) in [5, 5.41) is 10.7. The summed E-state index contributed by atoms with van der Waals surface area (Å²) in [5.41, 5.74) is 12.0. The van der Waals surface area contributed by atoms with Crippen LogP contribution in [-0.2, 0) is 22.4 Å². The van der Waals surface area contributed by atoms with E-state index in [4.69, 9.17) is 11.5 Å². The number of phenolic OH excluding ortho intramolecular Hbond substituents is 1. The van der Waals surface area contributed by atoms with Crippen molar-refractivity contribution in [1.29, 1.82) is 0 Å². The van der Waals surface area contributed by atoms with Gasteiger partial charge in [0.05, 0.1) is 12.8 Å². The number of carbonyl (C=O) groups is 2. The molecule has 5 N–H and O–H groups in total. The highest BCUT2D eigenvalue weighted by Gasteiger charge is 2.15. The average Bonchev–Trinajstić information content (AvgIpc) is 2.65. The Balaban J connectivity index is 2.00. The molecule has 29 heavy (non-hydrogen) atoms. The maximum atomic E-state index is 14.3. The van der Waals surface area contributed by atoms with Crippen molar-refractivity contribution in [3.63, 3.8) is 0 Å². The number of carbonyl (C=O) groups excluding carboxylic acids is 2. The molecular formula is C22H18F2N2O3. The van der Waals surface area contributed by atoms with E-state index in [1.165, 1.54) is 24.3 Å². The van der Waals surface area contributed by atoms with Gasteiger partial charge in [-0.15, -0.1) is 0 Å². The molecule has 0 spiro atoms. The maximum absolute atomic E-state index is 14.3. The molecule has 3 aromatic carbocycles. The third-order valence-electron chi connectivity index (χ3n) is 4.49. The van der Waals surface area contributed by atoms with E-state index in [1.54, 1.807) is 30.3 Å². The molecule has 0 aromatic heterocycles. The van der Waals surface area contributed by atoms with Crippen molar-refractivity contribution in [2.75, 3.05) is 0 Å². The van der Waals surface area contributed by atoms with Crippen LogP contribution in [0.1, 0.15) is 11.1 Å². The first kappa shape index (κ1) is 20.0. The second-order valence-corrected chi connectivity index (χ2v) is 6.60. The zero-order valence-corrected chi connectivity index (χ0v) is 15.3. The zero-order chi connectivity index (χ0) is 21.1. The van der Waals surface area contributed by atoms with Crippen molar-refractivity contribution in [2.24, 2.45) is 11.5 Å². The lowest BCUT2D eigenvalue weighted by Gasteiger charge is -2.12. The number of nitrogens with two attached hydrogens (primary N) is 2. The van der Waals surface area contributed by atoms with Crippen LogP contribution in [-0.4, -0.2) is 16.9 Å². The van der Waals surface area contributed by atoms with Crippen molar-refractivity contribution in [3.8, 4) is 28.0 Å². The Morgan fingerprint density at radius 1 is 0.759 bits per heavy atom. The molecule has 3 aromatic rings. The van der Waals surface area contributed by atoms with Crippen LogP contribution in [0.3, 0.4) is 0 Å². The fourth-order valence-electron chi connectivity index (χ4n) is 3.10. The summed E-state index contributed by atoms with van der Waals surface area (Å²) < 4.78 is 28.6. The number of phenols is 1. The molecule has 0 unspecified atom stereocenters. The minimum atomic E-state index is -0.650. The third kappa shape index (κ3) is 4.40. The van der Waals surface area contributed by atoms with E-state index in [0.717, 1.165) is 0 Å². The number of hydrogen-bond acceptors (Lipinski definition) is 3. The predicted octanol–water partition coefficient (Wildman–Crippen LogP) is 3.06. The molecule has 0 aliphatic heterocycles. The molecule has 0 saturated carbocycles. The van der Waals surface area contributed by atoms with Gasteiger partial charge in [0.15, 0.2) is 0 Å². The van der Waals surface area contributed by atoms with Crippen molar-refractivity contribution in [3.05, 3.63) is 77.4 Å². The zero-order valence-electron chi connectivity index (χ0n) is 15.3. The Labute approximate surface area is 165 Å². The first-order valence-corrected chi connectivity index (χ1v) is 8.72. The Kier molecular flexibility index (Phi) is 5.59. The highest BCUT2D eigenvalue weighted by molar-refractivity contribution is 5.83. The summed E-state index contributed by atoms with van der Waals surface area (Å²) in [7, 11) is 0. The normalized spacial score (nSPS) is 10.7. The van der Waals surface area contributed by atoms with Gasteiger partial charge in [-0.25, -0.2) is 8.78 Å². The lowest BCUT2D eigenvalue weighted by molar-refractivity contribution is -0.118. The summed E-state index contributed by atoms with van der Waals surface area (Å²) in [5.74, 6) is -2.69. The molecule has 2 amide bonds. The number of halogens is 2. The van der Waals surface area contributed by atoms with Crippen molar-refractivity contribution < 1.29 is 23.5 Å².